The number of hydrogen-bond acceptors (Lipinski definition) is 22. The minimum Gasteiger partial charge on any atom is -0.657 e. The summed E-state index contributed by atoms with van der Waals surface area (Å²) in [4.78, 5) is 45.4. The maximum Gasteiger partial charge on any atom is 3.00 e. The molecule has 26 nitrogen and oxygen atoms in total. The summed E-state index contributed by atoms with van der Waals surface area (Å²) in [5, 5.41) is 0. The molecule has 0 aliphatic carbocycles. The summed E-state index contributed by atoms with van der Waals surface area (Å²) >= 11 is 0. The summed E-state index contributed by atoms with van der Waals surface area (Å²) in [5.41, 5.74) is 38.6. The average molecular weight is 1640 g/mol. The first-order chi connectivity index (χ1) is 47.9. The third-order valence-corrected chi connectivity index (χ3v) is 18.4. The van der Waals surface area contributed by atoms with Crippen molar-refractivity contribution >= 4 is 58.6 Å². The van der Waals surface area contributed by atoms with Gasteiger partial charge in [-0.2, -0.15) is 0 Å². The third kappa shape index (κ3) is 23.5. The van der Waals surface area contributed by atoms with Gasteiger partial charge in [0.15, 0.2) is 0 Å². The standard InChI is InChI=1S/C74H88N8.4ClHO4.2Mn.2H2O/c1-17-41-45(21-5)63-37-67-49(25-9)53(29-13)71(79-67)57(72-54(30-14)50(26-10)68(80-72)38-64-46(22-6)42(18-2)60(76-64)35-59(41)75-63)33-34-58-73-55(31-15)51(27-11)69(81-73)39-65-47(23-7)43(19-3)61(77-65)36-62-44(20-4)48(24-8)66(78-62)40-70-52(28-12)56(32-16)74(58)82-70;4*2-1(3,4)5;;;;/h33-40H,17-32H2,1-16H3;4*(H,2,3,4,5);;;2*1H2/q-2;;;;;2*+3;;/p-2/b57-33-,58-34-,59-35?,61-36?,67-37?,68-38?,69-39?,70-40?;;;;;;;;. The van der Waals surface area contributed by atoms with Gasteiger partial charge < -0.3 is 20.9 Å². The van der Waals surface area contributed by atoms with Crippen LogP contribution in [0.3, 0.4) is 0 Å². The Labute approximate surface area is 649 Å². The molecule has 0 aromatic carbocycles. The fourth-order valence-corrected chi connectivity index (χ4v) is 14.6. The normalized spacial score (nSPS) is 17.7. The molecular weight excluding hydrogens is 1540 g/mol. The summed E-state index contributed by atoms with van der Waals surface area (Å²) in [5.74, 6) is 0. The maximum absolute atomic E-state index is 8.49. The van der Waals surface area contributed by atoms with Crippen molar-refractivity contribution < 1.29 is 161 Å². The van der Waals surface area contributed by atoms with Gasteiger partial charge in [0, 0.05) is 11.1 Å². The van der Waals surface area contributed by atoms with Crippen LogP contribution in [0.1, 0.15) is 233 Å². The van der Waals surface area contributed by atoms with Crippen molar-refractivity contribution in [2.75, 3.05) is 0 Å². The quantitative estimate of drug-likeness (QED) is 0.123. The molecule has 16 bridgehead atoms. The molecular formula is C74H94Cl4Mn2N8O18+2. The van der Waals surface area contributed by atoms with Gasteiger partial charge >= 0.3 is 34.1 Å². The molecule has 10 rings (SSSR count). The van der Waals surface area contributed by atoms with Gasteiger partial charge in [-0.1, -0.05) is 157 Å². The van der Waals surface area contributed by atoms with Crippen molar-refractivity contribution in [1.82, 2.24) is 9.97 Å². The molecule has 0 fully saturated rings. The second-order valence-corrected chi connectivity index (χ2v) is 26.8. The Morgan fingerprint density at radius 3 is 0.575 bits per heavy atom. The first kappa shape index (κ1) is 96.5. The van der Waals surface area contributed by atoms with Crippen LogP contribution in [0.4, 0.5) is 0 Å². The second-order valence-electron chi connectivity index (χ2n) is 23.8. The van der Waals surface area contributed by atoms with E-state index >= 15 is 0 Å². The second kappa shape index (κ2) is 41.5. The van der Waals surface area contributed by atoms with Crippen molar-refractivity contribution in [2.24, 2.45) is 30.0 Å². The zero-order valence-corrected chi connectivity index (χ0v) is 67.8. The smallest absolute Gasteiger partial charge is 0.657 e. The molecule has 0 saturated carbocycles. The van der Waals surface area contributed by atoms with E-state index in [1.807, 2.05) is 0 Å². The van der Waals surface area contributed by atoms with E-state index < -0.39 is 41.0 Å². The van der Waals surface area contributed by atoms with E-state index in [-0.39, 0.29) is 45.1 Å². The zero-order chi connectivity index (χ0) is 76.3. The molecule has 578 valence electrons. The van der Waals surface area contributed by atoms with Crippen LogP contribution < -0.4 is 84.5 Å². The molecule has 32 heteroatoms. The molecule has 0 radical (unpaired) electrons. The Kier molecular flexibility index (Phi) is 37.7. The number of nitrogens with zero attached hydrogens (tertiary/aromatic N) is 8. The third-order valence-electron chi connectivity index (χ3n) is 18.4. The maximum atomic E-state index is 8.49. The van der Waals surface area contributed by atoms with Gasteiger partial charge in [0.1, 0.15) is 0 Å². The predicted octanol–water partition coefficient (Wildman–Crippen LogP) is -1.88. The fourth-order valence-electron chi connectivity index (χ4n) is 14.6. The van der Waals surface area contributed by atoms with Crippen LogP contribution >= 0.6 is 0 Å². The predicted molar refractivity (Wildman–Crippen MR) is 361 cm³/mol. The van der Waals surface area contributed by atoms with Gasteiger partial charge in [0.25, 0.3) is 0 Å². The summed E-state index contributed by atoms with van der Waals surface area (Å²) < 4.78 is 136. The number of halogens is 4. The van der Waals surface area contributed by atoms with E-state index in [0.717, 1.165) is 205 Å². The van der Waals surface area contributed by atoms with Crippen molar-refractivity contribution in [3.63, 3.8) is 0 Å². The molecule has 6 N–H and O–H groups in total. The summed E-state index contributed by atoms with van der Waals surface area (Å²) in [6.07, 6.45) is 32.2. The SMILES string of the molecule is CCC1=C(CC)C2=NC1=Cc1[n-]c(c(CC)c1CC)C=C1N=C(C(CC)=C1CC)/C(=C\C=C1\C3=NC(=CC4=NC(=Cc5[n-]c(c(CC)c5CC)C=C5N=C1C(CC)=C5CC)C(CC)=C4CC)C(CC)=C3CC)C1=NC(=C2)C(CC)=C1CC.[Mn+3].[Mn+3].[O-][Cl+3]([O-])([O-])[O-].[O-][Cl+3]([O-])([O-])[O-].[O-][Cl+3]([O-])([O-])[O-].[O-][Cl+3]([O-])([O-])[O-].[OH3+].[OH3+]. The number of aromatic nitrogens is 2. The molecule has 0 amide bonds. The molecule has 8 aliphatic rings. The average Bonchev–Trinajstić information content (AvgIpc) is 1.60. The summed E-state index contributed by atoms with van der Waals surface area (Å²) in [6, 6.07) is 0. The zero-order valence-electron chi connectivity index (χ0n) is 62.5. The number of rotatable bonds is 17. The molecule has 0 saturated heterocycles. The Balaban J connectivity index is 0.00000141. The van der Waals surface area contributed by atoms with Crippen LogP contribution in [0.5, 0.6) is 0 Å². The van der Waals surface area contributed by atoms with Gasteiger partial charge in [-0.15, -0.1) is 63.7 Å². The van der Waals surface area contributed by atoms with Crippen LogP contribution in [0.25, 0.3) is 24.3 Å². The van der Waals surface area contributed by atoms with Crippen LogP contribution in [0, 0.1) is 41.0 Å². The van der Waals surface area contributed by atoms with Crippen molar-refractivity contribution in [3.8, 4) is 0 Å². The van der Waals surface area contributed by atoms with Crippen molar-refractivity contribution in [2.45, 2.75) is 214 Å². The van der Waals surface area contributed by atoms with Crippen LogP contribution in [-0.4, -0.2) is 34.3 Å². The molecule has 106 heavy (non-hydrogen) atoms. The van der Waals surface area contributed by atoms with E-state index in [0.29, 0.717) is 0 Å². The van der Waals surface area contributed by atoms with Gasteiger partial charge in [-0.3, -0.25) is 0 Å². The summed E-state index contributed by atoms with van der Waals surface area (Å²) in [7, 11) is -19.8. The molecule has 0 atom stereocenters. The Morgan fingerprint density at radius 1 is 0.245 bits per heavy atom. The van der Waals surface area contributed by atoms with E-state index in [2.05, 4.69) is 159 Å². The first-order valence-corrected chi connectivity index (χ1v) is 39.3. The number of hydrogen-bond donors (Lipinski definition) is 0. The molecule has 10 heterocycles. The minimum atomic E-state index is -4.94. The number of fused-ring (bicyclic) bond motifs is 10. The van der Waals surface area contributed by atoms with E-state index in [1.165, 1.54) is 89.1 Å². The minimum absolute atomic E-state index is 0. The Hall–Kier alpha value is -5.58. The fraction of sp³-hybridized carbons (Fsp3) is 0.432. The monoisotopic (exact) mass is 1630 g/mol. The topological polar surface area (TPSA) is 537 Å². The number of aliphatic imine (C=N–C) groups is 6. The summed E-state index contributed by atoms with van der Waals surface area (Å²) in [6.45, 7) is 36.4. The van der Waals surface area contributed by atoms with Crippen LogP contribution in [0.2, 0.25) is 0 Å². The van der Waals surface area contributed by atoms with E-state index in [4.69, 9.17) is 114 Å². The Morgan fingerprint density at radius 2 is 0.406 bits per heavy atom. The van der Waals surface area contributed by atoms with Crippen molar-refractivity contribution in [1.29, 1.82) is 0 Å². The van der Waals surface area contributed by atoms with Crippen LogP contribution in [0.15, 0.2) is 166 Å². The van der Waals surface area contributed by atoms with E-state index in [9.17, 15) is 0 Å². The van der Waals surface area contributed by atoms with Gasteiger partial charge in [0.05, 0.1) is 68.5 Å². The molecule has 0 unspecified atom stereocenters. The van der Waals surface area contributed by atoms with Crippen LogP contribution in [-0.2, 0) is 70.8 Å². The number of allylic oxidation sites excluding steroid dienone is 18. The van der Waals surface area contributed by atoms with Gasteiger partial charge in [-0.05, 0) is 194 Å². The van der Waals surface area contributed by atoms with E-state index in [1.54, 1.807) is 0 Å². The molecule has 8 aliphatic heterocycles. The molecule has 2 aromatic rings. The largest absolute Gasteiger partial charge is 3.00 e. The Bertz CT molecular complexity index is 3950. The van der Waals surface area contributed by atoms with Crippen molar-refractivity contribution in [3.05, 3.63) is 182 Å². The van der Waals surface area contributed by atoms with Gasteiger partial charge in [0.2, 0.25) is 0 Å². The first-order valence-electron chi connectivity index (χ1n) is 34.4. The van der Waals surface area contributed by atoms with Gasteiger partial charge in [-0.25, -0.2) is 104 Å². The molecule has 0 spiro atoms. The molecule has 2 aromatic heterocycles.